The molecule has 20 heavy (non-hydrogen) atoms. The van der Waals surface area contributed by atoms with Crippen LogP contribution >= 0.6 is 0 Å². The Morgan fingerprint density at radius 2 is 1.65 bits per heavy atom. The minimum Gasteiger partial charge on any atom is -0.395 e. The molecule has 3 rings (SSSR count). The third-order valence-corrected chi connectivity index (χ3v) is 4.15. The van der Waals surface area contributed by atoms with Crippen LogP contribution in [-0.2, 0) is 0 Å². The molecule has 0 amide bonds. The van der Waals surface area contributed by atoms with E-state index in [1.54, 1.807) is 0 Å². The van der Waals surface area contributed by atoms with E-state index < -0.39 is 5.60 Å². The number of nitrogens with one attached hydrogen (secondary N) is 1. The minimum atomic E-state index is -0.532. The second kappa shape index (κ2) is 7.74. The average Bonchev–Trinajstić information content (AvgIpc) is 2.48. The Kier molecular flexibility index (Phi) is 5.98. The van der Waals surface area contributed by atoms with Gasteiger partial charge in [-0.15, -0.1) is 0 Å². The number of piperidine rings is 1. The van der Waals surface area contributed by atoms with E-state index >= 15 is 0 Å². The fourth-order valence-corrected chi connectivity index (χ4v) is 3.00. The minimum absolute atomic E-state index is 0.194. The number of rotatable bonds is 3. The summed E-state index contributed by atoms with van der Waals surface area (Å²) in [7, 11) is 0. The molecule has 0 saturated carbocycles. The zero-order chi connectivity index (χ0) is 14.3. The van der Waals surface area contributed by atoms with Crippen molar-refractivity contribution in [1.82, 2.24) is 10.2 Å². The maximum atomic E-state index is 10.2. The molecule has 112 valence electrons. The summed E-state index contributed by atoms with van der Waals surface area (Å²) in [4.78, 5) is 2.24. The first kappa shape index (κ1) is 15.4. The maximum absolute atomic E-state index is 10.2. The summed E-state index contributed by atoms with van der Waals surface area (Å²) in [6, 6.07) is 12.3. The van der Waals surface area contributed by atoms with Crippen molar-refractivity contribution in [2.45, 2.75) is 30.9 Å². The van der Waals surface area contributed by atoms with E-state index in [1.165, 1.54) is 12.8 Å². The molecule has 4 heteroatoms. The van der Waals surface area contributed by atoms with Gasteiger partial charge >= 0.3 is 0 Å². The van der Waals surface area contributed by atoms with Crippen LogP contribution in [0.5, 0.6) is 0 Å². The molecule has 2 saturated heterocycles. The van der Waals surface area contributed by atoms with Gasteiger partial charge in [0.15, 0.2) is 0 Å². The zero-order valence-electron chi connectivity index (χ0n) is 12.0. The van der Waals surface area contributed by atoms with Crippen LogP contribution in [0.1, 0.15) is 19.3 Å². The molecule has 0 spiro atoms. The predicted octanol–water partition coefficient (Wildman–Crippen LogP) is 0.854. The molecule has 0 radical (unpaired) electrons. The van der Waals surface area contributed by atoms with Gasteiger partial charge in [0.25, 0.3) is 0 Å². The molecule has 1 atom stereocenters. The highest BCUT2D eigenvalue weighted by atomic mass is 16.3. The Labute approximate surface area is 121 Å². The Bertz CT molecular complexity index is 339. The predicted molar refractivity (Wildman–Crippen MR) is 80.6 cm³/mol. The summed E-state index contributed by atoms with van der Waals surface area (Å²) in [5, 5.41) is 22.3. The molecule has 0 aromatic heterocycles. The van der Waals surface area contributed by atoms with Crippen molar-refractivity contribution in [2.24, 2.45) is 0 Å². The highest BCUT2D eigenvalue weighted by Gasteiger charge is 2.45. The number of likely N-dealkylation sites (tertiary alicyclic amines) is 1. The van der Waals surface area contributed by atoms with Crippen LogP contribution in [0.2, 0.25) is 0 Å². The Morgan fingerprint density at radius 1 is 1.05 bits per heavy atom. The zero-order valence-corrected chi connectivity index (χ0v) is 12.0. The number of β-amino-alcohol motifs (C(OH)–C–C–N with tert-alkyl or cyclic N) is 2. The molecule has 2 aliphatic rings. The van der Waals surface area contributed by atoms with Crippen molar-refractivity contribution in [2.75, 3.05) is 32.8 Å². The molecule has 4 nitrogen and oxygen atoms in total. The smallest absolute Gasteiger partial charge is 0.105 e. The van der Waals surface area contributed by atoms with Crippen LogP contribution < -0.4 is 5.32 Å². The van der Waals surface area contributed by atoms with Crippen molar-refractivity contribution >= 4 is 0 Å². The molecule has 2 fully saturated rings. The lowest BCUT2D eigenvalue weighted by Gasteiger charge is -2.50. The molecule has 2 heterocycles. The Balaban J connectivity index is 0.000000205. The quantitative estimate of drug-likeness (QED) is 0.767. The SMILES string of the molecule is OCCN1CCCCC1C1(O)CNC1.c1ccccc1. The van der Waals surface area contributed by atoms with Crippen LogP contribution in [0.3, 0.4) is 0 Å². The van der Waals surface area contributed by atoms with Crippen molar-refractivity contribution < 1.29 is 10.2 Å². The van der Waals surface area contributed by atoms with Gasteiger partial charge in [-0.3, -0.25) is 4.90 Å². The number of hydrogen-bond donors (Lipinski definition) is 3. The number of aliphatic hydroxyl groups excluding tert-OH is 1. The highest BCUT2D eigenvalue weighted by Crippen LogP contribution is 2.28. The van der Waals surface area contributed by atoms with Gasteiger partial charge in [-0.05, 0) is 19.4 Å². The van der Waals surface area contributed by atoms with Crippen LogP contribution in [0, 0.1) is 0 Å². The summed E-state index contributed by atoms with van der Waals surface area (Å²) in [5.41, 5.74) is -0.532. The van der Waals surface area contributed by atoms with Gasteiger partial charge < -0.3 is 15.5 Å². The summed E-state index contributed by atoms with van der Waals surface area (Å²) in [5.74, 6) is 0. The fraction of sp³-hybridized carbons (Fsp3) is 0.625. The van der Waals surface area contributed by atoms with E-state index in [0.29, 0.717) is 19.6 Å². The number of benzene rings is 1. The van der Waals surface area contributed by atoms with E-state index in [0.717, 1.165) is 13.0 Å². The van der Waals surface area contributed by atoms with E-state index in [2.05, 4.69) is 10.2 Å². The van der Waals surface area contributed by atoms with Crippen molar-refractivity contribution in [3.63, 3.8) is 0 Å². The van der Waals surface area contributed by atoms with Gasteiger partial charge in [0.1, 0.15) is 5.60 Å². The van der Waals surface area contributed by atoms with Crippen LogP contribution in [0.4, 0.5) is 0 Å². The first-order chi connectivity index (χ1) is 9.76. The van der Waals surface area contributed by atoms with Crippen molar-refractivity contribution in [1.29, 1.82) is 0 Å². The monoisotopic (exact) mass is 278 g/mol. The van der Waals surface area contributed by atoms with Crippen molar-refractivity contribution in [3.8, 4) is 0 Å². The van der Waals surface area contributed by atoms with Crippen molar-refractivity contribution in [3.05, 3.63) is 36.4 Å². The molecule has 1 aromatic carbocycles. The summed E-state index contributed by atoms with van der Waals surface area (Å²) in [6.45, 7) is 3.33. The number of hydrogen-bond acceptors (Lipinski definition) is 4. The van der Waals surface area contributed by atoms with E-state index in [4.69, 9.17) is 5.11 Å². The Hall–Kier alpha value is -0.940. The molecular formula is C16H26N2O2. The molecule has 0 aliphatic carbocycles. The third kappa shape index (κ3) is 4.03. The molecule has 1 aromatic rings. The lowest BCUT2D eigenvalue weighted by Crippen LogP contribution is -2.70. The fourth-order valence-electron chi connectivity index (χ4n) is 3.00. The molecule has 1 unspecified atom stereocenters. The summed E-state index contributed by atoms with van der Waals surface area (Å²) >= 11 is 0. The largest absolute Gasteiger partial charge is 0.395 e. The van der Waals surface area contributed by atoms with E-state index in [1.807, 2.05) is 36.4 Å². The number of aliphatic hydroxyl groups is 2. The topological polar surface area (TPSA) is 55.7 Å². The number of nitrogens with zero attached hydrogens (tertiary/aromatic N) is 1. The van der Waals surface area contributed by atoms with Crippen LogP contribution in [-0.4, -0.2) is 59.5 Å². The van der Waals surface area contributed by atoms with Gasteiger partial charge in [-0.1, -0.05) is 42.8 Å². The van der Waals surface area contributed by atoms with Crippen LogP contribution in [0.25, 0.3) is 0 Å². The van der Waals surface area contributed by atoms with E-state index in [9.17, 15) is 5.11 Å². The lowest BCUT2D eigenvalue weighted by atomic mass is 9.82. The average molecular weight is 278 g/mol. The van der Waals surface area contributed by atoms with Crippen LogP contribution in [0.15, 0.2) is 36.4 Å². The van der Waals surface area contributed by atoms with Gasteiger partial charge in [0, 0.05) is 25.7 Å². The maximum Gasteiger partial charge on any atom is 0.105 e. The van der Waals surface area contributed by atoms with Gasteiger partial charge in [0.05, 0.1) is 6.61 Å². The second-order valence-corrected chi connectivity index (χ2v) is 5.63. The first-order valence-corrected chi connectivity index (χ1v) is 7.54. The van der Waals surface area contributed by atoms with Gasteiger partial charge in [-0.2, -0.15) is 0 Å². The normalized spacial score (nSPS) is 25.2. The highest BCUT2D eigenvalue weighted by molar-refractivity contribution is 5.03. The molecule has 2 aliphatic heterocycles. The summed E-state index contributed by atoms with van der Waals surface area (Å²) < 4.78 is 0. The standard InChI is InChI=1S/C10H20N2O2.C6H6/c13-6-5-12-4-2-1-3-9(12)10(14)7-11-8-10;1-2-4-6-5-3-1/h9,11,13-14H,1-8H2;1-6H. The third-order valence-electron chi connectivity index (χ3n) is 4.15. The lowest BCUT2D eigenvalue weighted by molar-refractivity contribution is -0.0966. The summed E-state index contributed by atoms with van der Waals surface area (Å²) in [6.07, 6.45) is 3.47. The van der Waals surface area contributed by atoms with Gasteiger partial charge in [0.2, 0.25) is 0 Å². The molecular weight excluding hydrogens is 252 g/mol. The van der Waals surface area contributed by atoms with Gasteiger partial charge in [-0.25, -0.2) is 0 Å². The first-order valence-electron chi connectivity index (χ1n) is 7.54. The molecule has 3 N–H and O–H groups in total. The Morgan fingerprint density at radius 3 is 2.10 bits per heavy atom. The second-order valence-electron chi connectivity index (χ2n) is 5.63. The van der Waals surface area contributed by atoms with E-state index in [-0.39, 0.29) is 12.6 Å². The molecule has 0 bridgehead atoms.